The van der Waals surface area contributed by atoms with Crippen molar-refractivity contribution >= 4 is 27.3 Å². The van der Waals surface area contributed by atoms with E-state index in [1.54, 1.807) is 17.4 Å². The van der Waals surface area contributed by atoms with Gasteiger partial charge in [-0.05, 0) is 44.4 Å². The molecule has 3 rings (SSSR count). The Morgan fingerprint density at radius 1 is 1.25 bits per heavy atom. The smallest absolute Gasteiger partial charge is 0.142 e. The molecule has 2 aromatic rings. The molecular weight excluding hydrogens is 339 g/mol. The Bertz CT molecular complexity index is 567. The summed E-state index contributed by atoms with van der Waals surface area (Å²) in [5, 5.41) is 7.52. The Morgan fingerprint density at radius 3 is 2.75 bits per heavy atom. The molecule has 1 aromatic heterocycles. The van der Waals surface area contributed by atoms with Crippen molar-refractivity contribution in [1.29, 1.82) is 0 Å². The van der Waals surface area contributed by atoms with Gasteiger partial charge in [0.2, 0.25) is 0 Å². The van der Waals surface area contributed by atoms with Crippen LogP contribution in [-0.4, -0.2) is 31.1 Å². The van der Waals surface area contributed by atoms with E-state index in [1.807, 2.05) is 12.1 Å². The predicted molar refractivity (Wildman–Crippen MR) is 84.7 cm³/mol. The molecule has 1 aliphatic heterocycles. The predicted octanol–water partition coefficient (Wildman–Crippen LogP) is 3.64. The van der Waals surface area contributed by atoms with E-state index in [-0.39, 0.29) is 11.9 Å². The van der Waals surface area contributed by atoms with E-state index < -0.39 is 0 Å². The van der Waals surface area contributed by atoms with Gasteiger partial charge in [-0.1, -0.05) is 12.1 Å². The Balaban J connectivity index is 2.03. The van der Waals surface area contributed by atoms with Gasteiger partial charge in [0.05, 0.1) is 10.5 Å². The molecule has 0 spiro atoms. The van der Waals surface area contributed by atoms with Gasteiger partial charge in [-0.3, -0.25) is 4.90 Å². The number of halogens is 2. The Kier molecular flexibility index (Phi) is 4.51. The summed E-state index contributed by atoms with van der Waals surface area (Å²) in [5.74, 6) is -0.151. The van der Waals surface area contributed by atoms with Crippen LogP contribution in [0.15, 0.2) is 39.5 Å². The zero-order valence-corrected chi connectivity index (χ0v) is 13.4. The molecule has 0 radical (unpaired) electrons. The van der Waals surface area contributed by atoms with Crippen LogP contribution < -0.4 is 5.32 Å². The highest BCUT2D eigenvalue weighted by atomic mass is 79.9. The minimum atomic E-state index is -0.151. The number of rotatable bonds is 3. The molecule has 20 heavy (non-hydrogen) atoms. The molecule has 1 aromatic carbocycles. The fraction of sp³-hybridized carbons (Fsp3) is 0.333. The number of benzene rings is 1. The second-order valence-electron chi connectivity index (χ2n) is 4.89. The first-order chi connectivity index (χ1) is 9.77. The maximum Gasteiger partial charge on any atom is 0.142 e. The summed E-state index contributed by atoms with van der Waals surface area (Å²) >= 11 is 4.96. The lowest BCUT2D eigenvalue weighted by atomic mass is 9.98. The van der Waals surface area contributed by atoms with E-state index >= 15 is 0 Å². The maximum atomic E-state index is 14.5. The first-order valence-electron chi connectivity index (χ1n) is 6.68. The highest BCUT2D eigenvalue weighted by Gasteiger charge is 2.27. The van der Waals surface area contributed by atoms with Crippen LogP contribution in [-0.2, 0) is 0 Å². The third-order valence-electron chi connectivity index (χ3n) is 3.65. The molecule has 0 saturated carbocycles. The minimum Gasteiger partial charge on any atom is -0.314 e. The highest BCUT2D eigenvalue weighted by molar-refractivity contribution is 9.10. The maximum absolute atomic E-state index is 14.5. The average Bonchev–Trinajstić information content (AvgIpc) is 2.99. The molecule has 1 aliphatic rings. The lowest BCUT2D eigenvalue weighted by molar-refractivity contribution is 0.195. The second kappa shape index (κ2) is 6.35. The molecule has 1 N–H and O–H groups in total. The van der Waals surface area contributed by atoms with Gasteiger partial charge in [0.15, 0.2) is 0 Å². The number of hydrogen-bond acceptors (Lipinski definition) is 3. The van der Waals surface area contributed by atoms with Crippen LogP contribution in [0.4, 0.5) is 4.39 Å². The quantitative estimate of drug-likeness (QED) is 0.904. The van der Waals surface area contributed by atoms with E-state index in [4.69, 9.17) is 0 Å². The van der Waals surface area contributed by atoms with Crippen molar-refractivity contribution in [3.63, 3.8) is 0 Å². The summed E-state index contributed by atoms with van der Waals surface area (Å²) in [6.45, 7) is 3.78. The van der Waals surface area contributed by atoms with Crippen LogP contribution in [0.25, 0.3) is 0 Å². The third kappa shape index (κ3) is 2.81. The van der Waals surface area contributed by atoms with Gasteiger partial charge in [-0.15, -0.1) is 0 Å². The molecule has 2 heterocycles. The van der Waals surface area contributed by atoms with Gasteiger partial charge in [-0.2, -0.15) is 11.3 Å². The summed E-state index contributed by atoms with van der Waals surface area (Å²) in [5.41, 5.74) is 1.92. The molecule has 106 valence electrons. The van der Waals surface area contributed by atoms with Gasteiger partial charge in [-0.25, -0.2) is 4.39 Å². The number of piperazine rings is 1. The molecule has 1 atom stereocenters. The van der Waals surface area contributed by atoms with Crippen molar-refractivity contribution in [2.45, 2.75) is 6.04 Å². The summed E-state index contributed by atoms with van der Waals surface area (Å²) in [4.78, 5) is 2.35. The fourth-order valence-electron chi connectivity index (χ4n) is 2.69. The van der Waals surface area contributed by atoms with Gasteiger partial charge >= 0.3 is 0 Å². The van der Waals surface area contributed by atoms with E-state index in [2.05, 4.69) is 43.0 Å². The first kappa shape index (κ1) is 14.2. The molecule has 0 unspecified atom stereocenters. The van der Waals surface area contributed by atoms with Crippen molar-refractivity contribution in [2.24, 2.45) is 0 Å². The number of hydrogen-bond donors (Lipinski definition) is 1. The molecular formula is C15H16BrFN2S. The van der Waals surface area contributed by atoms with Crippen LogP contribution in [0, 0.1) is 5.82 Å². The largest absolute Gasteiger partial charge is 0.314 e. The van der Waals surface area contributed by atoms with E-state index in [0.29, 0.717) is 4.47 Å². The van der Waals surface area contributed by atoms with Crippen molar-refractivity contribution in [2.75, 3.05) is 26.2 Å². The third-order valence-corrected chi connectivity index (χ3v) is 4.97. The summed E-state index contributed by atoms with van der Waals surface area (Å²) in [6, 6.07) is 7.65. The van der Waals surface area contributed by atoms with Crippen LogP contribution in [0.2, 0.25) is 0 Å². The van der Waals surface area contributed by atoms with Crippen LogP contribution in [0.3, 0.4) is 0 Å². The Morgan fingerprint density at radius 2 is 2.05 bits per heavy atom. The van der Waals surface area contributed by atoms with Crippen molar-refractivity contribution in [1.82, 2.24) is 10.2 Å². The normalized spacial score (nSPS) is 18.1. The summed E-state index contributed by atoms with van der Waals surface area (Å²) < 4.78 is 15.0. The zero-order chi connectivity index (χ0) is 13.9. The Labute approximate surface area is 130 Å². The standard InChI is InChI=1S/C15H16BrFN2S/c16-13-3-1-2-12(14(13)17)15(11-4-9-20-10-11)19-7-5-18-6-8-19/h1-4,9-10,15,18H,5-8H2/t15-/m1/s1. The van der Waals surface area contributed by atoms with Crippen LogP contribution in [0.1, 0.15) is 17.2 Å². The highest BCUT2D eigenvalue weighted by Crippen LogP contribution is 2.34. The summed E-state index contributed by atoms with van der Waals surface area (Å²) in [6.07, 6.45) is 0. The monoisotopic (exact) mass is 354 g/mol. The first-order valence-corrected chi connectivity index (χ1v) is 8.41. The molecule has 5 heteroatoms. The lowest BCUT2D eigenvalue weighted by Gasteiger charge is -2.35. The number of thiophene rings is 1. The second-order valence-corrected chi connectivity index (χ2v) is 6.52. The SMILES string of the molecule is Fc1c(Br)cccc1[C@@H](c1ccsc1)N1CCNCC1. The van der Waals surface area contributed by atoms with Gasteiger partial charge in [0, 0.05) is 31.7 Å². The van der Waals surface area contributed by atoms with Gasteiger partial charge in [0.1, 0.15) is 5.82 Å². The van der Waals surface area contributed by atoms with Crippen molar-refractivity contribution in [3.05, 3.63) is 56.4 Å². The van der Waals surface area contributed by atoms with E-state index in [1.165, 1.54) is 5.56 Å². The number of nitrogens with zero attached hydrogens (tertiary/aromatic N) is 1. The van der Waals surface area contributed by atoms with Crippen LogP contribution in [0.5, 0.6) is 0 Å². The minimum absolute atomic E-state index is 0.000787. The molecule has 1 fully saturated rings. The van der Waals surface area contributed by atoms with Gasteiger partial charge in [0.25, 0.3) is 0 Å². The summed E-state index contributed by atoms with van der Waals surface area (Å²) in [7, 11) is 0. The zero-order valence-electron chi connectivity index (χ0n) is 11.0. The lowest BCUT2D eigenvalue weighted by Crippen LogP contribution is -2.45. The topological polar surface area (TPSA) is 15.3 Å². The van der Waals surface area contributed by atoms with E-state index in [0.717, 1.165) is 31.7 Å². The van der Waals surface area contributed by atoms with E-state index in [9.17, 15) is 4.39 Å². The van der Waals surface area contributed by atoms with Crippen LogP contribution >= 0.6 is 27.3 Å². The van der Waals surface area contributed by atoms with Gasteiger partial charge < -0.3 is 5.32 Å². The molecule has 0 bridgehead atoms. The molecule has 2 nitrogen and oxygen atoms in total. The fourth-order valence-corrected chi connectivity index (χ4v) is 3.75. The Hall–Kier alpha value is -0.750. The average molecular weight is 355 g/mol. The number of nitrogens with one attached hydrogen (secondary N) is 1. The molecule has 0 aliphatic carbocycles. The van der Waals surface area contributed by atoms with Crippen molar-refractivity contribution < 1.29 is 4.39 Å². The molecule has 0 amide bonds. The van der Waals surface area contributed by atoms with Crippen molar-refractivity contribution in [3.8, 4) is 0 Å². The molecule has 1 saturated heterocycles.